The number of nitrogens with one attached hydrogen (secondary N) is 1. The summed E-state index contributed by atoms with van der Waals surface area (Å²) in [7, 11) is 1.77. The highest BCUT2D eigenvalue weighted by atomic mass is 16.3. The Kier molecular flexibility index (Phi) is 3.82. The number of aryl methyl sites for hydroxylation is 1. The van der Waals surface area contributed by atoms with Crippen LogP contribution in [-0.4, -0.2) is 26.8 Å². The van der Waals surface area contributed by atoms with Gasteiger partial charge in [0.25, 0.3) is 0 Å². The lowest BCUT2D eigenvalue weighted by molar-refractivity contribution is -0.117. The number of rotatable bonds is 4. The van der Waals surface area contributed by atoms with Gasteiger partial charge in [0.1, 0.15) is 5.75 Å². The van der Waals surface area contributed by atoms with Crippen molar-refractivity contribution in [2.75, 3.05) is 5.32 Å². The number of amides is 1. The van der Waals surface area contributed by atoms with E-state index in [1.165, 1.54) is 0 Å². The number of hydrogen-bond acceptors (Lipinski definition) is 4. The minimum Gasteiger partial charge on any atom is -0.508 e. The highest BCUT2D eigenvalue weighted by Crippen LogP contribution is 2.11. The van der Waals surface area contributed by atoms with Crippen molar-refractivity contribution in [3.05, 3.63) is 42.2 Å². The Morgan fingerprint density at radius 3 is 2.74 bits per heavy atom. The van der Waals surface area contributed by atoms with Crippen molar-refractivity contribution in [1.82, 2.24) is 9.78 Å². The zero-order valence-electron chi connectivity index (χ0n) is 10.6. The topological polar surface area (TPSA) is 93.2 Å². The quantitative estimate of drug-likeness (QED) is 0.751. The number of nitrogens with zero attached hydrogens (tertiary/aromatic N) is 2. The van der Waals surface area contributed by atoms with Crippen LogP contribution < -0.4 is 11.1 Å². The second-order valence-corrected chi connectivity index (χ2v) is 4.37. The summed E-state index contributed by atoms with van der Waals surface area (Å²) < 4.78 is 1.60. The molecule has 1 amide bonds. The van der Waals surface area contributed by atoms with Crippen LogP contribution in [0, 0.1) is 0 Å². The molecule has 0 aliphatic carbocycles. The van der Waals surface area contributed by atoms with E-state index in [4.69, 9.17) is 5.73 Å². The van der Waals surface area contributed by atoms with Crippen LogP contribution in [-0.2, 0) is 18.3 Å². The van der Waals surface area contributed by atoms with Gasteiger partial charge in [-0.1, -0.05) is 12.1 Å². The monoisotopic (exact) mass is 260 g/mol. The van der Waals surface area contributed by atoms with Gasteiger partial charge in [0.2, 0.25) is 5.91 Å². The molecule has 0 spiro atoms. The molecule has 1 heterocycles. The molecule has 19 heavy (non-hydrogen) atoms. The van der Waals surface area contributed by atoms with Crippen LogP contribution in [0.15, 0.2) is 36.7 Å². The Labute approximate surface area is 110 Å². The van der Waals surface area contributed by atoms with Crippen LogP contribution in [0.5, 0.6) is 5.75 Å². The number of anilines is 1. The summed E-state index contributed by atoms with van der Waals surface area (Å²) in [6.07, 6.45) is 3.67. The third kappa shape index (κ3) is 3.56. The van der Waals surface area contributed by atoms with Gasteiger partial charge in [-0.15, -0.1) is 0 Å². The van der Waals surface area contributed by atoms with Crippen LogP contribution >= 0.6 is 0 Å². The molecule has 6 nitrogen and oxygen atoms in total. The third-order valence-corrected chi connectivity index (χ3v) is 2.70. The van der Waals surface area contributed by atoms with Crippen molar-refractivity contribution in [1.29, 1.82) is 0 Å². The van der Waals surface area contributed by atoms with Crippen molar-refractivity contribution in [2.45, 2.75) is 12.5 Å². The van der Waals surface area contributed by atoms with Gasteiger partial charge in [-0.05, 0) is 24.1 Å². The van der Waals surface area contributed by atoms with Gasteiger partial charge in [0.05, 0.1) is 17.9 Å². The van der Waals surface area contributed by atoms with Crippen LogP contribution in [0.3, 0.4) is 0 Å². The standard InChI is InChI=1S/C13H16N4O2/c1-17-8-10(7-15-17)16-13(19)12(14)6-9-2-4-11(18)5-3-9/h2-5,7-8,12,18H,6,14H2,1H3,(H,16,19)/t12-/m1/s1. The first-order valence-corrected chi connectivity index (χ1v) is 5.87. The number of carbonyl (C=O) groups excluding carboxylic acids is 1. The summed E-state index contributed by atoms with van der Waals surface area (Å²) in [5.74, 6) is -0.0711. The molecule has 1 aromatic carbocycles. The Morgan fingerprint density at radius 2 is 2.16 bits per heavy atom. The SMILES string of the molecule is Cn1cc(NC(=O)[C@H](N)Cc2ccc(O)cc2)cn1. The van der Waals surface area contributed by atoms with Gasteiger partial charge < -0.3 is 16.2 Å². The maximum absolute atomic E-state index is 11.9. The van der Waals surface area contributed by atoms with E-state index in [-0.39, 0.29) is 11.7 Å². The van der Waals surface area contributed by atoms with E-state index in [1.54, 1.807) is 48.4 Å². The summed E-state index contributed by atoms with van der Waals surface area (Å²) >= 11 is 0. The Hall–Kier alpha value is -2.34. The molecule has 0 aliphatic heterocycles. The Bertz CT molecular complexity index is 562. The zero-order chi connectivity index (χ0) is 13.8. The Morgan fingerprint density at radius 1 is 1.47 bits per heavy atom. The van der Waals surface area contributed by atoms with Crippen molar-refractivity contribution in [2.24, 2.45) is 12.8 Å². The second-order valence-electron chi connectivity index (χ2n) is 4.37. The van der Waals surface area contributed by atoms with Gasteiger partial charge in [-0.25, -0.2) is 0 Å². The molecule has 0 unspecified atom stereocenters. The molecule has 2 aromatic rings. The minimum atomic E-state index is -0.648. The minimum absolute atomic E-state index is 0.192. The first-order chi connectivity index (χ1) is 9.04. The molecule has 0 saturated carbocycles. The van der Waals surface area contributed by atoms with E-state index < -0.39 is 6.04 Å². The van der Waals surface area contributed by atoms with E-state index in [9.17, 15) is 9.90 Å². The van der Waals surface area contributed by atoms with E-state index in [1.807, 2.05) is 0 Å². The molecule has 0 fully saturated rings. The summed E-state index contributed by atoms with van der Waals surface area (Å²) in [6.45, 7) is 0. The van der Waals surface area contributed by atoms with E-state index in [2.05, 4.69) is 10.4 Å². The van der Waals surface area contributed by atoms with Gasteiger partial charge >= 0.3 is 0 Å². The first-order valence-electron chi connectivity index (χ1n) is 5.87. The van der Waals surface area contributed by atoms with Crippen molar-refractivity contribution < 1.29 is 9.90 Å². The number of carbonyl (C=O) groups is 1. The zero-order valence-corrected chi connectivity index (χ0v) is 10.6. The smallest absolute Gasteiger partial charge is 0.241 e. The van der Waals surface area contributed by atoms with Crippen LogP contribution in [0.1, 0.15) is 5.56 Å². The van der Waals surface area contributed by atoms with Gasteiger partial charge in [-0.3, -0.25) is 9.48 Å². The average Bonchev–Trinajstić information content (AvgIpc) is 2.77. The van der Waals surface area contributed by atoms with Crippen molar-refractivity contribution in [3.8, 4) is 5.75 Å². The number of nitrogens with two attached hydrogens (primary N) is 1. The van der Waals surface area contributed by atoms with E-state index in [0.717, 1.165) is 5.56 Å². The predicted molar refractivity (Wildman–Crippen MR) is 71.6 cm³/mol. The molecule has 0 bridgehead atoms. The van der Waals surface area contributed by atoms with E-state index >= 15 is 0 Å². The fourth-order valence-corrected chi connectivity index (χ4v) is 1.70. The predicted octanol–water partition coefficient (Wildman–Crippen LogP) is 0.634. The Balaban J connectivity index is 1.94. The molecule has 4 N–H and O–H groups in total. The molecule has 0 radical (unpaired) electrons. The molecule has 6 heteroatoms. The lowest BCUT2D eigenvalue weighted by atomic mass is 10.1. The van der Waals surface area contributed by atoms with E-state index in [0.29, 0.717) is 12.1 Å². The number of aromatic hydroxyl groups is 1. The molecule has 0 saturated heterocycles. The average molecular weight is 260 g/mol. The third-order valence-electron chi connectivity index (χ3n) is 2.70. The van der Waals surface area contributed by atoms with Gasteiger partial charge in [0, 0.05) is 13.2 Å². The van der Waals surface area contributed by atoms with Gasteiger partial charge in [-0.2, -0.15) is 5.10 Å². The number of hydrogen-bond donors (Lipinski definition) is 3. The van der Waals surface area contributed by atoms with Crippen LogP contribution in [0.2, 0.25) is 0 Å². The lowest BCUT2D eigenvalue weighted by Gasteiger charge is -2.11. The molecule has 1 aromatic heterocycles. The highest BCUT2D eigenvalue weighted by molar-refractivity contribution is 5.94. The van der Waals surface area contributed by atoms with Crippen molar-refractivity contribution >= 4 is 11.6 Å². The molecule has 1 atom stereocenters. The second kappa shape index (κ2) is 5.53. The number of phenolic OH excluding ortho intramolecular Hbond substituents is 1. The highest BCUT2D eigenvalue weighted by Gasteiger charge is 2.14. The number of phenols is 1. The summed E-state index contributed by atoms with van der Waals surface area (Å²) in [5.41, 5.74) is 7.35. The molecule has 2 rings (SSSR count). The van der Waals surface area contributed by atoms with Crippen molar-refractivity contribution in [3.63, 3.8) is 0 Å². The summed E-state index contributed by atoms with van der Waals surface area (Å²) in [5, 5.41) is 15.8. The summed E-state index contributed by atoms with van der Waals surface area (Å²) in [4.78, 5) is 11.9. The van der Waals surface area contributed by atoms with Crippen LogP contribution in [0.4, 0.5) is 5.69 Å². The maximum Gasteiger partial charge on any atom is 0.241 e. The first kappa shape index (κ1) is 13.1. The molecular weight excluding hydrogens is 244 g/mol. The molecule has 0 aliphatic rings. The fourth-order valence-electron chi connectivity index (χ4n) is 1.70. The van der Waals surface area contributed by atoms with Crippen LogP contribution in [0.25, 0.3) is 0 Å². The largest absolute Gasteiger partial charge is 0.508 e. The number of benzene rings is 1. The molecule has 100 valence electrons. The number of aromatic nitrogens is 2. The molecular formula is C13H16N4O2. The summed E-state index contributed by atoms with van der Waals surface area (Å²) in [6, 6.07) is 5.98. The lowest BCUT2D eigenvalue weighted by Crippen LogP contribution is -2.37. The fraction of sp³-hybridized carbons (Fsp3) is 0.231. The van der Waals surface area contributed by atoms with Gasteiger partial charge in [0.15, 0.2) is 0 Å². The normalized spacial score (nSPS) is 12.1. The maximum atomic E-state index is 11.9.